The molecule has 7 heteroatoms. The Hall–Kier alpha value is -2.57. The summed E-state index contributed by atoms with van der Waals surface area (Å²) in [6.07, 6.45) is 2.55. The highest BCUT2D eigenvalue weighted by Crippen LogP contribution is 2.36. The van der Waals surface area contributed by atoms with Gasteiger partial charge in [-0.2, -0.15) is 0 Å². The molecule has 3 aromatic rings. The molecule has 1 amide bonds. The van der Waals surface area contributed by atoms with Crippen molar-refractivity contribution >= 4 is 34.0 Å². The fourth-order valence-electron chi connectivity index (χ4n) is 2.55. The summed E-state index contributed by atoms with van der Waals surface area (Å²) in [5.41, 5.74) is 1.57. The number of methoxy groups -OCH3 is 1. The molecule has 0 aliphatic carbocycles. The van der Waals surface area contributed by atoms with Crippen molar-refractivity contribution in [3.63, 3.8) is 0 Å². The van der Waals surface area contributed by atoms with Gasteiger partial charge in [-0.05, 0) is 24.6 Å². The zero-order chi connectivity index (χ0) is 19.2. The van der Waals surface area contributed by atoms with Gasteiger partial charge in [0.2, 0.25) is 0 Å². The Morgan fingerprint density at radius 1 is 1.26 bits per heavy atom. The average molecular weight is 403 g/mol. The molecule has 27 heavy (non-hydrogen) atoms. The molecule has 140 valence electrons. The molecule has 0 fully saturated rings. The number of aromatic nitrogens is 1. The molecule has 0 atom stereocenters. The normalized spacial score (nSPS) is 10.5. The maximum atomic E-state index is 12.6. The Balaban J connectivity index is 1.73. The summed E-state index contributed by atoms with van der Waals surface area (Å²) in [5.74, 6) is 0.537. The number of hydrogen-bond acceptors (Lipinski definition) is 5. The summed E-state index contributed by atoms with van der Waals surface area (Å²) in [6, 6.07) is 13.3. The van der Waals surface area contributed by atoms with Crippen LogP contribution in [0.1, 0.15) is 27.7 Å². The molecule has 0 spiro atoms. The zero-order valence-corrected chi connectivity index (χ0v) is 16.6. The number of nitrogens with zero attached hydrogens (tertiary/aromatic N) is 1. The van der Waals surface area contributed by atoms with Crippen LogP contribution in [0.2, 0.25) is 5.02 Å². The fourth-order valence-corrected chi connectivity index (χ4v) is 3.66. The smallest absolute Gasteiger partial charge is 0.257 e. The number of thiazole rings is 1. The molecule has 3 rings (SSSR count). The van der Waals surface area contributed by atoms with Crippen LogP contribution in [0.4, 0.5) is 5.13 Å². The SMILES string of the molecule is CCOc1c(Cl)cc(C(=O)Nc2ncc(Cc3ccccc3)s2)cc1OC. The van der Waals surface area contributed by atoms with E-state index in [9.17, 15) is 4.79 Å². The Kier molecular flexibility index (Phi) is 6.32. The van der Waals surface area contributed by atoms with Gasteiger partial charge in [0, 0.05) is 23.1 Å². The van der Waals surface area contributed by atoms with Crippen LogP contribution in [0.25, 0.3) is 0 Å². The van der Waals surface area contributed by atoms with E-state index in [0.717, 1.165) is 11.3 Å². The van der Waals surface area contributed by atoms with Gasteiger partial charge in [0.1, 0.15) is 0 Å². The minimum Gasteiger partial charge on any atom is -0.493 e. The Morgan fingerprint density at radius 2 is 2.04 bits per heavy atom. The van der Waals surface area contributed by atoms with E-state index in [2.05, 4.69) is 22.4 Å². The van der Waals surface area contributed by atoms with E-state index in [1.807, 2.05) is 25.1 Å². The lowest BCUT2D eigenvalue weighted by Crippen LogP contribution is -2.12. The first-order valence-corrected chi connectivity index (χ1v) is 9.60. The van der Waals surface area contributed by atoms with Gasteiger partial charge >= 0.3 is 0 Å². The molecule has 0 aliphatic rings. The maximum absolute atomic E-state index is 12.6. The second-order valence-corrected chi connectivity index (χ2v) is 7.19. The molecule has 0 saturated heterocycles. The van der Waals surface area contributed by atoms with Crippen LogP contribution in [-0.4, -0.2) is 24.6 Å². The van der Waals surface area contributed by atoms with Crippen molar-refractivity contribution in [3.8, 4) is 11.5 Å². The van der Waals surface area contributed by atoms with Crippen molar-refractivity contribution in [1.82, 2.24) is 4.98 Å². The van der Waals surface area contributed by atoms with E-state index in [-0.39, 0.29) is 5.91 Å². The highest BCUT2D eigenvalue weighted by Gasteiger charge is 2.17. The first-order chi connectivity index (χ1) is 13.1. The van der Waals surface area contributed by atoms with Crippen LogP contribution in [0.15, 0.2) is 48.7 Å². The number of halogens is 1. The first kappa shape index (κ1) is 19.2. The van der Waals surface area contributed by atoms with Gasteiger partial charge in [-0.3, -0.25) is 10.1 Å². The highest BCUT2D eigenvalue weighted by molar-refractivity contribution is 7.15. The molecule has 0 aliphatic heterocycles. The molecule has 1 N–H and O–H groups in total. The number of carbonyl (C=O) groups is 1. The summed E-state index contributed by atoms with van der Waals surface area (Å²) in [5, 5.41) is 3.67. The second-order valence-electron chi connectivity index (χ2n) is 5.67. The van der Waals surface area contributed by atoms with Gasteiger partial charge in [0.05, 0.1) is 18.7 Å². The minimum absolute atomic E-state index is 0.307. The van der Waals surface area contributed by atoms with Gasteiger partial charge in [0.25, 0.3) is 5.91 Å². The zero-order valence-electron chi connectivity index (χ0n) is 15.0. The predicted octanol–water partition coefficient (Wildman–Crippen LogP) is 5.05. The third-order valence-electron chi connectivity index (χ3n) is 3.78. The van der Waals surface area contributed by atoms with Crippen LogP contribution in [0, 0.1) is 0 Å². The summed E-state index contributed by atoms with van der Waals surface area (Å²) in [7, 11) is 1.51. The number of ether oxygens (including phenoxy) is 2. The summed E-state index contributed by atoms with van der Waals surface area (Å²) in [6.45, 7) is 2.30. The molecule has 0 saturated carbocycles. The van der Waals surface area contributed by atoms with E-state index >= 15 is 0 Å². The number of rotatable bonds is 7. The second kappa shape index (κ2) is 8.88. The lowest BCUT2D eigenvalue weighted by molar-refractivity contribution is 0.102. The van der Waals surface area contributed by atoms with E-state index in [0.29, 0.717) is 33.8 Å². The van der Waals surface area contributed by atoms with Gasteiger partial charge in [-0.25, -0.2) is 4.98 Å². The van der Waals surface area contributed by atoms with Crippen molar-refractivity contribution in [2.75, 3.05) is 19.0 Å². The summed E-state index contributed by atoms with van der Waals surface area (Å²) < 4.78 is 10.8. The third-order valence-corrected chi connectivity index (χ3v) is 4.97. The van der Waals surface area contributed by atoms with Crippen LogP contribution in [0.5, 0.6) is 11.5 Å². The van der Waals surface area contributed by atoms with Crippen molar-refractivity contribution in [3.05, 3.63) is 69.7 Å². The quantitative estimate of drug-likeness (QED) is 0.601. The van der Waals surface area contributed by atoms with E-state index in [4.69, 9.17) is 21.1 Å². The van der Waals surface area contributed by atoms with Gasteiger partial charge < -0.3 is 9.47 Å². The number of benzene rings is 2. The monoisotopic (exact) mass is 402 g/mol. The summed E-state index contributed by atoms with van der Waals surface area (Å²) >= 11 is 7.68. The molecular formula is C20H19ClN2O3S. The summed E-state index contributed by atoms with van der Waals surface area (Å²) in [4.78, 5) is 17.9. The van der Waals surface area contributed by atoms with Crippen molar-refractivity contribution in [2.24, 2.45) is 0 Å². The highest BCUT2D eigenvalue weighted by atomic mass is 35.5. The number of anilines is 1. The number of nitrogens with one attached hydrogen (secondary N) is 1. The molecular weight excluding hydrogens is 384 g/mol. The van der Waals surface area contributed by atoms with Gasteiger partial charge in [-0.15, -0.1) is 11.3 Å². The fraction of sp³-hybridized carbons (Fsp3) is 0.200. The Bertz CT molecular complexity index is 928. The molecule has 0 bridgehead atoms. The average Bonchev–Trinajstić information content (AvgIpc) is 3.10. The lowest BCUT2D eigenvalue weighted by Gasteiger charge is -2.12. The lowest BCUT2D eigenvalue weighted by atomic mass is 10.1. The minimum atomic E-state index is -0.307. The van der Waals surface area contributed by atoms with Crippen LogP contribution in [0.3, 0.4) is 0 Å². The molecule has 1 heterocycles. The van der Waals surface area contributed by atoms with Crippen LogP contribution >= 0.6 is 22.9 Å². The van der Waals surface area contributed by atoms with E-state index in [1.54, 1.807) is 18.3 Å². The Morgan fingerprint density at radius 3 is 2.74 bits per heavy atom. The van der Waals surface area contributed by atoms with Gasteiger partial charge in [-0.1, -0.05) is 41.9 Å². The van der Waals surface area contributed by atoms with Crippen LogP contribution < -0.4 is 14.8 Å². The largest absolute Gasteiger partial charge is 0.493 e. The van der Waals surface area contributed by atoms with E-state index in [1.165, 1.54) is 24.0 Å². The standard InChI is InChI=1S/C20H19ClN2O3S/c1-3-26-18-16(21)10-14(11-17(18)25-2)19(24)23-20-22-12-15(27-20)9-13-7-5-4-6-8-13/h4-8,10-12H,3,9H2,1-2H3,(H,22,23,24). The van der Waals surface area contributed by atoms with Crippen molar-refractivity contribution in [1.29, 1.82) is 0 Å². The topological polar surface area (TPSA) is 60.5 Å². The van der Waals surface area contributed by atoms with E-state index < -0.39 is 0 Å². The van der Waals surface area contributed by atoms with Crippen molar-refractivity contribution in [2.45, 2.75) is 13.3 Å². The van der Waals surface area contributed by atoms with Crippen molar-refractivity contribution < 1.29 is 14.3 Å². The molecule has 1 aromatic heterocycles. The molecule has 0 radical (unpaired) electrons. The third kappa shape index (κ3) is 4.78. The maximum Gasteiger partial charge on any atom is 0.257 e. The Labute approximate surface area is 166 Å². The molecule has 5 nitrogen and oxygen atoms in total. The molecule has 2 aromatic carbocycles. The molecule has 0 unspecified atom stereocenters. The predicted molar refractivity (Wildman–Crippen MR) is 108 cm³/mol. The number of carbonyl (C=O) groups excluding carboxylic acids is 1. The number of hydrogen-bond donors (Lipinski definition) is 1. The van der Waals surface area contributed by atoms with Gasteiger partial charge in [0.15, 0.2) is 16.6 Å². The van der Waals surface area contributed by atoms with Crippen LogP contribution in [-0.2, 0) is 6.42 Å². The first-order valence-electron chi connectivity index (χ1n) is 8.41. The number of amides is 1.